The summed E-state index contributed by atoms with van der Waals surface area (Å²) in [5, 5.41) is 3.43. The molecule has 1 N–H and O–H groups in total. The fraction of sp³-hybridized carbons (Fsp3) is 0.750. The van der Waals surface area contributed by atoms with Crippen LogP contribution in [-0.4, -0.2) is 59.5 Å². The van der Waals surface area contributed by atoms with E-state index in [9.17, 15) is 4.79 Å². The molecule has 142 valence electrons. The summed E-state index contributed by atoms with van der Waals surface area (Å²) < 4.78 is 0. The zero-order chi connectivity index (χ0) is 18.1. The number of hydrogen-bond donors (Lipinski definition) is 1. The van der Waals surface area contributed by atoms with Crippen molar-refractivity contribution < 1.29 is 4.79 Å². The molecule has 0 radical (unpaired) electrons. The highest BCUT2D eigenvalue weighted by Gasteiger charge is 2.40. The molecule has 0 saturated carbocycles. The molecule has 4 rings (SSSR count). The first-order valence-electron chi connectivity index (χ1n) is 10.2. The molecule has 3 aliphatic heterocycles. The van der Waals surface area contributed by atoms with Crippen molar-refractivity contribution in [1.29, 1.82) is 0 Å². The van der Waals surface area contributed by atoms with Gasteiger partial charge in [-0.15, -0.1) is 0 Å². The van der Waals surface area contributed by atoms with Gasteiger partial charge in [-0.25, -0.2) is 9.97 Å². The van der Waals surface area contributed by atoms with E-state index in [1.165, 1.54) is 12.8 Å². The summed E-state index contributed by atoms with van der Waals surface area (Å²) in [6.45, 7) is 9.14. The fourth-order valence-corrected chi connectivity index (χ4v) is 4.96. The lowest BCUT2D eigenvalue weighted by atomic mass is 9.82. The highest BCUT2D eigenvalue weighted by molar-refractivity contribution is 5.77. The molecule has 0 aromatic carbocycles. The minimum Gasteiger partial charge on any atom is -0.340 e. The maximum Gasteiger partial charge on any atom is 0.225 e. The van der Waals surface area contributed by atoms with Crippen LogP contribution in [0.4, 0.5) is 5.95 Å². The van der Waals surface area contributed by atoms with E-state index >= 15 is 0 Å². The second kappa shape index (κ2) is 7.51. The van der Waals surface area contributed by atoms with Crippen LogP contribution < -0.4 is 10.2 Å². The van der Waals surface area contributed by atoms with E-state index in [4.69, 9.17) is 0 Å². The molecular weight excluding hydrogens is 326 g/mol. The number of rotatable bonds is 3. The largest absolute Gasteiger partial charge is 0.340 e. The monoisotopic (exact) mass is 357 g/mol. The summed E-state index contributed by atoms with van der Waals surface area (Å²) in [4.78, 5) is 26.5. The van der Waals surface area contributed by atoms with Gasteiger partial charge in [0, 0.05) is 43.5 Å². The van der Waals surface area contributed by atoms with Gasteiger partial charge in [0.15, 0.2) is 0 Å². The molecule has 0 unspecified atom stereocenters. The number of aryl methyl sites for hydroxylation is 2. The molecule has 3 saturated heterocycles. The Hall–Kier alpha value is -1.69. The van der Waals surface area contributed by atoms with Crippen LogP contribution in [-0.2, 0) is 4.79 Å². The molecule has 1 aromatic heterocycles. The minimum atomic E-state index is 0.376. The zero-order valence-corrected chi connectivity index (χ0v) is 16.1. The van der Waals surface area contributed by atoms with E-state index in [1.54, 1.807) is 0 Å². The molecular formula is C20H31N5O. The fourth-order valence-electron chi connectivity index (χ4n) is 4.96. The number of anilines is 1. The van der Waals surface area contributed by atoms with Crippen LogP contribution >= 0.6 is 0 Å². The molecule has 3 fully saturated rings. The third kappa shape index (κ3) is 3.70. The molecule has 0 spiro atoms. The highest BCUT2D eigenvalue weighted by Crippen LogP contribution is 2.33. The van der Waals surface area contributed by atoms with Crippen molar-refractivity contribution in [1.82, 2.24) is 20.2 Å². The van der Waals surface area contributed by atoms with E-state index in [0.717, 1.165) is 62.9 Å². The molecule has 2 atom stereocenters. The number of carbonyl (C=O) groups excluding carboxylic acids is 1. The second-order valence-electron chi connectivity index (χ2n) is 8.29. The van der Waals surface area contributed by atoms with Crippen LogP contribution in [0.1, 0.15) is 43.5 Å². The summed E-state index contributed by atoms with van der Waals surface area (Å²) >= 11 is 0. The van der Waals surface area contributed by atoms with Gasteiger partial charge in [-0.05, 0) is 70.5 Å². The summed E-state index contributed by atoms with van der Waals surface area (Å²) in [5.41, 5.74) is 2.06. The predicted molar refractivity (Wildman–Crippen MR) is 102 cm³/mol. The Labute approximate surface area is 156 Å². The molecule has 6 nitrogen and oxygen atoms in total. The van der Waals surface area contributed by atoms with E-state index in [0.29, 0.717) is 30.2 Å². The number of nitrogens with one attached hydrogen (secondary N) is 1. The van der Waals surface area contributed by atoms with Gasteiger partial charge >= 0.3 is 0 Å². The van der Waals surface area contributed by atoms with Crippen molar-refractivity contribution in [3.05, 3.63) is 17.5 Å². The number of likely N-dealkylation sites (tertiary alicyclic amines) is 1. The topological polar surface area (TPSA) is 61.4 Å². The normalized spacial score (nSPS) is 27.5. The summed E-state index contributed by atoms with van der Waals surface area (Å²) in [5.74, 6) is 2.45. The number of fused-ring (bicyclic) bond motifs is 1. The van der Waals surface area contributed by atoms with Crippen molar-refractivity contribution in [2.45, 2.75) is 52.0 Å². The summed E-state index contributed by atoms with van der Waals surface area (Å²) in [7, 11) is 0. The zero-order valence-electron chi connectivity index (χ0n) is 16.1. The number of amides is 1. The molecule has 1 amide bonds. The Kier molecular flexibility index (Phi) is 5.11. The summed E-state index contributed by atoms with van der Waals surface area (Å²) in [6.07, 6.45) is 5.15. The molecule has 1 aromatic rings. The first kappa shape index (κ1) is 17.7. The first-order valence-corrected chi connectivity index (χ1v) is 10.2. The molecule has 0 bridgehead atoms. The number of hydrogen-bond acceptors (Lipinski definition) is 5. The molecule has 4 heterocycles. The van der Waals surface area contributed by atoms with E-state index in [2.05, 4.69) is 25.1 Å². The second-order valence-corrected chi connectivity index (χ2v) is 8.29. The van der Waals surface area contributed by atoms with Crippen LogP contribution in [0.5, 0.6) is 0 Å². The van der Waals surface area contributed by atoms with Crippen LogP contribution in [0.25, 0.3) is 0 Å². The van der Waals surface area contributed by atoms with Crippen LogP contribution in [0, 0.1) is 25.7 Å². The maximum absolute atomic E-state index is 12.6. The van der Waals surface area contributed by atoms with E-state index < -0.39 is 0 Å². The van der Waals surface area contributed by atoms with Crippen molar-refractivity contribution >= 4 is 11.9 Å². The Balaban J connectivity index is 1.45. The van der Waals surface area contributed by atoms with E-state index in [1.807, 2.05) is 19.9 Å². The lowest BCUT2D eigenvalue weighted by molar-refractivity contribution is -0.140. The number of piperidine rings is 3. The minimum absolute atomic E-state index is 0.376. The van der Waals surface area contributed by atoms with Gasteiger partial charge in [-0.3, -0.25) is 4.79 Å². The summed E-state index contributed by atoms with van der Waals surface area (Å²) in [6, 6.07) is 2.43. The van der Waals surface area contributed by atoms with Crippen LogP contribution in [0.15, 0.2) is 6.07 Å². The SMILES string of the molecule is Cc1cc(C)nc(N2CC[C@@H]3[C@@H](CCC(=O)N3CC3CCNCC3)C2)n1. The first-order chi connectivity index (χ1) is 12.6. The molecule has 3 aliphatic rings. The number of nitrogens with zero attached hydrogens (tertiary/aromatic N) is 4. The van der Waals surface area contributed by atoms with Gasteiger partial charge < -0.3 is 15.1 Å². The van der Waals surface area contributed by atoms with Gasteiger partial charge in [0.05, 0.1) is 0 Å². The lowest BCUT2D eigenvalue weighted by Gasteiger charge is -2.48. The smallest absolute Gasteiger partial charge is 0.225 e. The molecule has 26 heavy (non-hydrogen) atoms. The number of aromatic nitrogens is 2. The number of carbonyl (C=O) groups is 1. The Morgan fingerprint density at radius 3 is 2.58 bits per heavy atom. The Morgan fingerprint density at radius 1 is 1.12 bits per heavy atom. The average molecular weight is 358 g/mol. The van der Waals surface area contributed by atoms with Crippen molar-refractivity contribution in [3.63, 3.8) is 0 Å². The van der Waals surface area contributed by atoms with E-state index in [-0.39, 0.29) is 0 Å². The highest BCUT2D eigenvalue weighted by atomic mass is 16.2. The maximum atomic E-state index is 12.6. The van der Waals surface area contributed by atoms with Crippen molar-refractivity contribution in [3.8, 4) is 0 Å². The van der Waals surface area contributed by atoms with Crippen molar-refractivity contribution in [2.75, 3.05) is 37.6 Å². The van der Waals surface area contributed by atoms with Crippen LogP contribution in [0.2, 0.25) is 0 Å². The third-order valence-corrected chi connectivity index (χ3v) is 6.31. The van der Waals surface area contributed by atoms with Gasteiger partial charge in [0.2, 0.25) is 11.9 Å². The van der Waals surface area contributed by atoms with Gasteiger partial charge in [-0.1, -0.05) is 0 Å². The quantitative estimate of drug-likeness (QED) is 0.895. The van der Waals surface area contributed by atoms with Crippen LogP contribution in [0.3, 0.4) is 0 Å². The Bertz CT molecular complexity index is 637. The van der Waals surface area contributed by atoms with Gasteiger partial charge in [-0.2, -0.15) is 0 Å². The van der Waals surface area contributed by atoms with Crippen molar-refractivity contribution in [2.24, 2.45) is 11.8 Å². The predicted octanol–water partition coefficient (Wildman–Crippen LogP) is 1.91. The molecule has 0 aliphatic carbocycles. The standard InChI is InChI=1S/C20H31N5O/c1-14-11-15(2)23-20(22-14)24-10-7-18-17(13-24)3-4-19(26)25(18)12-16-5-8-21-9-6-16/h11,16-18,21H,3-10,12-13H2,1-2H3/t17-,18+/m0/s1. The Morgan fingerprint density at radius 2 is 1.85 bits per heavy atom. The third-order valence-electron chi connectivity index (χ3n) is 6.31. The van der Waals surface area contributed by atoms with Gasteiger partial charge in [0.25, 0.3) is 0 Å². The van der Waals surface area contributed by atoms with Gasteiger partial charge in [0.1, 0.15) is 0 Å². The molecule has 6 heteroatoms. The average Bonchev–Trinajstić information content (AvgIpc) is 2.64. The lowest BCUT2D eigenvalue weighted by Crippen LogP contribution is -2.57.